The molecule has 16 heavy (non-hydrogen) atoms. The Labute approximate surface area is 96.3 Å². The van der Waals surface area contributed by atoms with Gasteiger partial charge < -0.3 is 5.11 Å². The Kier molecular flexibility index (Phi) is 2.62. The lowest BCUT2D eigenvalue weighted by Gasteiger charge is -2.45. The first-order chi connectivity index (χ1) is 7.48. The molecular weight excluding hydrogens is 200 g/mol. The molecule has 1 aromatic carbocycles. The van der Waals surface area contributed by atoms with Crippen molar-refractivity contribution in [2.45, 2.75) is 38.7 Å². The molecule has 2 heteroatoms. The van der Waals surface area contributed by atoms with Crippen LogP contribution in [-0.4, -0.2) is 10.9 Å². The van der Waals surface area contributed by atoms with Crippen LogP contribution in [0.25, 0.3) is 0 Å². The maximum absolute atomic E-state index is 11.9. The zero-order chi connectivity index (χ0) is 11.8. The fourth-order valence-corrected chi connectivity index (χ4v) is 2.58. The second kappa shape index (κ2) is 3.70. The molecular formula is C14H18O2. The zero-order valence-electron chi connectivity index (χ0n) is 9.86. The highest BCUT2D eigenvalue weighted by Crippen LogP contribution is 2.47. The first kappa shape index (κ1) is 11.3. The van der Waals surface area contributed by atoms with E-state index in [4.69, 9.17) is 0 Å². The molecule has 1 aliphatic carbocycles. The lowest BCUT2D eigenvalue weighted by atomic mass is 9.62. The summed E-state index contributed by atoms with van der Waals surface area (Å²) in [6.07, 6.45) is 2.02. The molecule has 0 radical (unpaired) electrons. The van der Waals surface area contributed by atoms with Gasteiger partial charge in [-0.2, -0.15) is 0 Å². The van der Waals surface area contributed by atoms with Gasteiger partial charge in [0.1, 0.15) is 11.4 Å². The summed E-state index contributed by atoms with van der Waals surface area (Å²) in [4.78, 5) is 11.9. The summed E-state index contributed by atoms with van der Waals surface area (Å²) >= 11 is 0. The summed E-state index contributed by atoms with van der Waals surface area (Å²) in [6, 6.07) is 9.54. The summed E-state index contributed by atoms with van der Waals surface area (Å²) in [6.45, 7) is 3.70. The molecule has 0 aliphatic heterocycles. The molecule has 1 fully saturated rings. The number of benzene rings is 1. The Hall–Kier alpha value is -1.15. The van der Waals surface area contributed by atoms with E-state index in [1.165, 1.54) is 0 Å². The largest absolute Gasteiger partial charge is 0.384 e. The molecule has 1 aliphatic rings. The lowest BCUT2D eigenvalue weighted by molar-refractivity contribution is -0.154. The van der Waals surface area contributed by atoms with Crippen molar-refractivity contribution in [3.8, 4) is 0 Å². The molecule has 0 amide bonds. The number of carbonyl (C=O) groups is 1. The van der Waals surface area contributed by atoms with Gasteiger partial charge >= 0.3 is 0 Å². The Morgan fingerprint density at radius 2 is 1.81 bits per heavy atom. The molecule has 1 aromatic rings. The van der Waals surface area contributed by atoms with E-state index in [0.717, 1.165) is 12.0 Å². The highest BCUT2D eigenvalue weighted by Gasteiger charge is 2.51. The van der Waals surface area contributed by atoms with Crippen LogP contribution in [0.3, 0.4) is 0 Å². The van der Waals surface area contributed by atoms with E-state index in [9.17, 15) is 9.90 Å². The minimum Gasteiger partial charge on any atom is -0.384 e. The van der Waals surface area contributed by atoms with Crippen LogP contribution in [0, 0.1) is 5.41 Å². The molecule has 1 atom stereocenters. The van der Waals surface area contributed by atoms with Crippen LogP contribution >= 0.6 is 0 Å². The highest BCUT2D eigenvalue weighted by molar-refractivity contribution is 5.86. The van der Waals surface area contributed by atoms with Crippen molar-refractivity contribution in [2.24, 2.45) is 5.41 Å². The van der Waals surface area contributed by atoms with Crippen LogP contribution in [0.2, 0.25) is 0 Å². The van der Waals surface area contributed by atoms with Crippen molar-refractivity contribution >= 4 is 5.78 Å². The number of carbonyl (C=O) groups excluding carboxylic acids is 1. The fraction of sp³-hybridized carbons (Fsp3) is 0.500. The first-order valence-corrected chi connectivity index (χ1v) is 5.80. The number of hydrogen-bond donors (Lipinski definition) is 1. The number of ketones is 1. The van der Waals surface area contributed by atoms with E-state index >= 15 is 0 Å². The molecule has 2 nitrogen and oxygen atoms in total. The molecule has 0 heterocycles. The molecule has 0 aromatic heterocycles. The average Bonchev–Trinajstić information content (AvgIpc) is 2.28. The average molecular weight is 218 g/mol. The zero-order valence-corrected chi connectivity index (χ0v) is 9.86. The maximum atomic E-state index is 11.9. The van der Waals surface area contributed by atoms with Crippen LogP contribution in [0.1, 0.15) is 38.7 Å². The highest BCUT2D eigenvalue weighted by atomic mass is 16.3. The van der Waals surface area contributed by atoms with E-state index in [2.05, 4.69) is 0 Å². The summed E-state index contributed by atoms with van der Waals surface area (Å²) < 4.78 is 0. The van der Waals surface area contributed by atoms with E-state index in [1.807, 2.05) is 44.2 Å². The number of Topliss-reactive ketones (excluding diaryl/α,β-unsaturated/α-hetero) is 1. The molecule has 1 saturated carbocycles. The Bertz CT molecular complexity index is 394. The summed E-state index contributed by atoms with van der Waals surface area (Å²) in [5.41, 5.74) is -0.844. The monoisotopic (exact) mass is 218 g/mol. The van der Waals surface area contributed by atoms with Gasteiger partial charge in [-0.15, -0.1) is 0 Å². The van der Waals surface area contributed by atoms with Crippen LogP contribution in [0.4, 0.5) is 0 Å². The van der Waals surface area contributed by atoms with Gasteiger partial charge in [0.2, 0.25) is 0 Å². The van der Waals surface area contributed by atoms with Gasteiger partial charge in [0.05, 0.1) is 5.41 Å². The second-order valence-corrected chi connectivity index (χ2v) is 5.13. The van der Waals surface area contributed by atoms with Crippen molar-refractivity contribution in [1.82, 2.24) is 0 Å². The van der Waals surface area contributed by atoms with E-state index in [-0.39, 0.29) is 5.78 Å². The maximum Gasteiger partial charge on any atom is 0.141 e. The van der Waals surface area contributed by atoms with E-state index in [0.29, 0.717) is 12.8 Å². The predicted molar refractivity (Wildman–Crippen MR) is 63.0 cm³/mol. The first-order valence-electron chi connectivity index (χ1n) is 5.80. The fourth-order valence-electron chi connectivity index (χ4n) is 2.58. The topological polar surface area (TPSA) is 37.3 Å². The molecule has 0 spiro atoms. The molecule has 1 unspecified atom stereocenters. The summed E-state index contributed by atoms with van der Waals surface area (Å²) in [5.74, 6) is 0.158. The Morgan fingerprint density at radius 1 is 1.19 bits per heavy atom. The van der Waals surface area contributed by atoms with Gasteiger partial charge in [-0.1, -0.05) is 30.3 Å². The minimum absolute atomic E-state index is 0.158. The number of aliphatic hydroxyl groups is 1. The van der Waals surface area contributed by atoms with E-state index < -0.39 is 11.0 Å². The van der Waals surface area contributed by atoms with Crippen LogP contribution in [-0.2, 0) is 10.4 Å². The second-order valence-electron chi connectivity index (χ2n) is 5.13. The van der Waals surface area contributed by atoms with Crippen LogP contribution < -0.4 is 0 Å². The number of rotatable bonds is 1. The van der Waals surface area contributed by atoms with Gasteiger partial charge in [0.25, 0.3) is 0 Å². The van der Waals surface area contributed by atoms with Crippen LogP contribution in [0.5, 0.6) is 0 Å². The van der Waals surface area contributed by atoms with Gasteiger partial charge in [-0.05, 0) is 32.3 Å². The smallest absolute Gasteiger partial charge is 0.141 e. The van der Waals surface area contributed by atoms with Crippen molar-refractivity contribution in [3.05, 3.63) is 35.9 Å². The van der Waals surface area contributed by atoms with Crippen LogP contribution in [0.15, 0.2) is 30.3 Å². The van der Waals surface area contributed by atoms with E-state index in [1.54, 1.807) is 0 Å². The standard InChI is InChI=1S/C14H18O2/c1-13(2)12(15)9-6-10-14(13,16)11-7-4-3-5-8-11/h3-5,7-8,16H,6,9-10H2,1-2H3. The lowest BCUT2D eigenvalue weighted by Crippen LogP contribution is -2.50. The molecule has 1 N–H and O–H groups in total. The molecule has 2 rings (SSSR count). The normalized spacial score (nSPS) is 29.1. The van der Waals surface area contributed by atoms with Gasteiger partial charge in [0.15, 0.2) is 0 Å². The Balaban J connectivity index is 2.48. The molecule has 86 valence electrons. The Morgan fingerprint density at radius 3 is 2.44 bits per heavy atom. The van der Waals surface area contributed by atoms with Crippen molar-refractivity contribution in [1.29, 1.82) is 0 Å². The molecule has 0 bridgehead atoms. The number of hydrogen-bond acceptors (Lipinski definition) is 2. The van der Waals surface area contributed by atoms with Crippen molar-refractivity contribution in [3.63, 3.8) is 0 Å². The third-order valence-corrected chi connectivity index (χ3v) is 3.92. The van der Waals surface area contributed by atoms with Gasteiger partial charge in [-0.25, -0.2) is 0 Å². The third kappa shape index (κ3) is 1.49. The minimum atomic E-state index is -1.01. The summed E-state index contributed by atoms with van der Waals surface area (Å²) in [5, 5.41) is 10.8. The summed E-state index contributed by atoms with van der Waals surface area (Å²) in [7, 11) is 0. The van der Waals surface area contributed by atoms with Crippen molar-refractivity contribution in [2.75, 3.05) is 0 Å². The van der Waals surface area contributed by atoms with Crippen molar-refractivity contribution < 1.29 is 9.90 Å². The predicted octanol–water partition coefficient (Wildman–Crippen LogP) is 2.65. The van der Waals surface area contributed by atoms with Gasteiger partial charge in [-0.3, -0.25) is 4.79 Å². The molecule has 0 saturated heterocycles. The van der Waals surface area contributed by atoms with Gasteiger partial charge in [0, 0.05) is 6.42 Å². The third-order valence-electron chi connectivity index (χ3n) is 3.92. The SMILES string of the molecule is CC1(C)C(=O)CCCC1(O)c1ccccc1. The quantitative estimate of drug-likeness (QED) is 0.786.